The van der Waals surface area contributed by atoms with E-state index in [-0.39, 0.29) is 36.8 Å². The van der Waals surface area contributed by atoms with E-state index in [1.807, 2.05) is 67.6 Å². The van der Waals surface area contributed by atoms with Gasteiger partial charge in [0.05, 0.1) is 18.4 Å². The van der Waals surface area contributed by atoms with Crippen LogP contribution in [0.25, 0.3) is 33.5 Å². The zero-order valence-corrected chi connectivity index (χ0v) is 35.6. The van der Waals surface area contributed by atoms with Crippen LogP contribution in [0.5, 0.6) is 11.6 Å². The fourth-order valence-electron chi connectivity index (χ4n) is 8.45. The van der Waals surface area contributed by atoms with Crippen molar-refractivity contribution in [1.29, 1.82) is 0 Å². The number of amides is 4. The van der Waals surface area contributed by atoms with Crippen LogP contribution < -0.4 is 25.2 Å². The average molecular weight is 871 g/mol. The first kappa shape index (κ1) is 43.0. The lowest BCUT2D eigenvalue weighted by atomic mass is 10.0. The van der Waals surface area contributed by atoms with E-state index in [0.29, 0.717) is 67.0 Å². The first-order chi connectivity index (χ1) is 30.0. The number of likely N-dealkylation sites (tertiary alicyclic amines) is 1. The number of nitrogens with zero attached hydrogens (tertiary/aromatic N) is 3. The van der Waals surface area contributed by atoms with Crippen molar-refractivity contribution in [2.24, 2.45) is 17.6 Å². The lowest BCUT2D eigenvalue weighted by Gasteiger charge is -2.28. The molecule has 8 rings (SSSR count). The smallest absolute Gasteiger partial charge is 0.408 e. The SMILES string of the molecule is CCOc1ccc(-c2nc(O[C@@H]3C[C@@H](C(N)=O)N(C(=O)[C@H](CCCCC/C=C\[C@@H]4C[C@@H]4C(=O)NS(=O)(=O)C4CC4)NC(=O)OC4CCCC4)C3)c3oc4ccccc4c3n2)cc1. The molecule has 0 spiro atoms. The van der Waals surface area contributed by atoms with Crippen LogP contribution in [0.3, 0.4) is 0 Å². The molecule has 62 heavy (non-hydrogen) atoms. The number of aromatic nitrogens is 2. The zero-order chi connectivity index (χ0) is 43.4. The Bertz CT molecular complexity index is 2430. The van der Waals surface area contributed by atoms with Crippen LogP contribution in [0.4, 0.5) is 4.79 Å². The molecule has 16 nitrogen and oxygen atoms in total. The van der Waals surface area contributed by atoms with Crippen molar-refractivity contribution < 1.29 is 46.2 Å². The summed E-state index contributed by atoms with van der Waals surface area (Å²) < 4.78 is 50.5. The van der Waals surface area contributed by atoms with Gasteiger partial charge in [-0.2, -0.15) is 4.98 Å². The fraction of sp³-hybridized carbons (Fsp3) is 0.511. The number of nitrogens with two attached hydrogens (primary N) is 1. The number of primary amides is 1. The van der Waals surface area contributed by atoms with Crippen LogP contribution in [0.2, 0.25) is 0 Å². The van der Waals surface area contributed by atoms with E-state index in [1.54, 1.807) is 0 Å². The third kappa shape index (κ3) is 10.1. The molecular weight excluding hydrogens is 817 g/mol. The Morgan fingerprint density at radius 2 is 1.74 bits per heavy atom. The molecule has 0 radical (unpaired) electrons. The quantitative estimate of drug-likeness (QED) is 0.0723. The Morgan fingerprint density at radius 3 is 2.48 bits per heavy atom. The van der Waals surface area contributed by atoms with E-state index in [1.165, 1.54) is 4.90 Å². The molecule has 4 fully saturated rings. The van der Waals surface area contributed by atoms with Gasteiger partial charge in [0, 0.05) is 23.3 Å². The summed E-state index contributed by atoms with van der Waals surface area (Å²) in [6.07, 6.45) is 10.9. The highest BCUT2D eigenvalue weighted by molar-refractivity contribution is 7.90. The number of carbonyl (C=O) groups is 4. The molecule has 3 saturated carbocycles. The number of benzene rings is 2. The minimum atomic E-state index is -3.56. The number of rotatable bonds is 19. The Morgan fingerprint density at radius 1 is 0.968 bits per heavy atom. The van der Waals surface area contributed by atoms with E-state index in [4.69, 9.17) is 34.3 Å². The minimum Gasteiger partial charge on any atom is -0.494 e. The molecule has 0 unspecified atom stereocenters. The summed E-state index contributed by atoms with van der Waals surface area (Å²) in [5, 5.41) is 3.14. The maximum absolute atomic E-state index is 14.4. The van der Waals surface area contributed by atoms with Crippen molar-refractivity contribution in [3.05, 3.63) is 60.7 Å². The van der Waals surface area contributed by atoms with Gasteiger partial charge in [-0.05, 0) is 113 Å². The summed E-state index contributed by atoms with van der Waals surface area (Å²) in [5.74, 6) is -0.637. The standard InChI is InChI=1S/C45H54N6O10S/c1-2-58-29-20-18-27(19-21-29)41-48-38-33-15-10-11-17-37(33)61-39(38)43(49-41)59-31-25-36(40(46)52)51(26-31)44(54)35(47-45(55)60-30-13-8-9-14-30)16-7-5-3-4-6-12-28-24-34(28)42(53)50-62(56,57)32-22-23-32/h6,10-12,15,17-21,28,30-32,34-36H,2-5,7-9,13-14,16,22-26H2,1H3,(H2,46,52)(H,47,55)(H,50,53)/b12-6-/t28-,31-,34+,35+,36+/m1/s1. The molecule has 2 aromatic heterocycles. The van der Waals surface area contributed by atoms with Gasteiger partial charge in [-0.1, -0.05) is 37.1 Å². The highest BCUT2D eigenvalue weighted by Crippen LogP contribution is 2.41. The number of para-hydroxylation sites is 1. The number of ether oxygens (including phenoxy) is 3. The second-order valence-corrected chi connectivity index (χ2v) is 18.7. The highest BCUT2D eigenvalue weighted by Gasteiger charge is 2.45. The van der Waals surface area contributed by atoms with Crippen LogP contribution in [0, 0.1) is 11.8 Å². The molecule has 1 saturated heterocycles. The summed E-state index contributed by atoms with van der Waals surface area (Å²) in [6, 6.07) is 12.9. The Kier molecular flexibility index (Phi) is 13.0. The maximum atomic E-state index is 14.4. The lowest BCUT2D eigenvalue weighted by Crippen LogP contribution is -2.53. The average Bonchev–Trinajstić information content (AvgIpc) is 4.12. The molecular formula is C45H54N6O10S. The number of unbranched alkanes of at least 4 members (excludes halogenated alkanes) is 3. The van der Waals surface area contributed by atoms with Crippen molar-refractivity contribution in [3.8, 4) is 23.0 Å². The van der Waals surface area contributed by atoms with E-state index < -0.39 is 57.3 Å². The third-order valence-corrected chi connectivity index (χ3v) is 13.9. The predicted octanol–water partition coefficient (Wildman–Crippen LogP) is 6.06. The van der Waals surface area contributed by atoms with E-state index in [9.17, 15) is 27.6 Å². The van der Waals surface area contributed by atoms with Gasteiger partial charge in [0.25, 0.3) is 5.88 Å². The fourth-order valence-corrected chi connectivity index (χ4v) is 9.81. The summed E-state index contributed by atoms with van der Waals surface area (Å²) in [6.45, 7) is 2.44. The van der Waals surface area contributed by atoms with Crippen LogP contribution in [-0.2, 0) is 29.1 Å². The third-order valence-electron chi connectivity index (χ3n) is 12.1. The van der Waals surface area contributed by atoms with Crippen LogP contribution >= 0.6 is 0 Å². The number of fused-ring (bicyclic) bond motifs is 3. The predicted molar refractivity (Wildman–Crippen MR) is 229 cm³/mol. The molecule has 2 aromatic carbocycles. The van der Waals surface area contributed by atoms with Crippen LogP contribution in [-0.4, -0.2) is 89.8 Å². The number of carbonyl (C=O) groups excluding carboxylic acids is 4. The number of hydrogen-bond donors (Lipinski definition) is 3. The van der Waals surface area contributed by atoms with Crippen molar-refractivity contribution in [2.75, 3.05) is 13.2 Å². The maximum Gasteiger partial charge on any atom is 0.408 e. The van der Waals surface area contributed by atoms with Crippen molar-refractivity contribution >= 4 is 55.9 Å². The van der Waals surface area contributed by atoms with E-state index in [2.05, 4.69) is 10.0 Å². The first-order valence-corrected chi connectivity index (χ1v) is 23.4. The molecule has 4 aromatic rings. The largest absolute Gasteiger partial charge is 0.494 e. The Balaban J connectivity index is 0.927. The molecule has 4 amide bonds. The zero-order valence-electron chi connectivity index (χ0n) is 34.8. The number of alkyl carbamates (subject to hydrolysis) is 1. The topological polar surface area (TPSA) is 222 Å². The van der Waals surface area contributed by atoms with E-state index >= 15 is 0 Å². The summed E-state index contributed by atoms with van der Waals surface area (Å²) in [7, 11) is -3.56. The van der Waals surface area contributed by atoms with Crippen LogP contribution in [0.15, 0.2) is 65.1 Å². The molecule has 5 atom stereocenters. The van der Waals surface area contributed by atoms with Crippen LogP contribution in [0.1, 0.15) is 90.4 Å². The Hall–Kier alpha value is -5.71. The molecule has 3 heterocycles. The second-order valence-electron chi connectivity index (χ2n) is 16.8. The number of sulfonamides is 1. The van der Waals surface area contributed by atoms with Crippen molar-refractivity contribution in [1.82, 2.24) is 24.9 Å². The number of allylic oxidation sites excluding steroid dienone is 2. The van der Waals surface area contributed by atoms with E-state index in [0.717, 1.165) is 55.9 Å². The summed E-state index contributed by atoms with van der Waals surface area (Å²) >= 11 is 0. The molecule has 4 N–H and O–H groups in total. The normalized spacial score (nSPS) is 21.9. The number of hydrogen-bond acceptors (Lipinski definition) is 12. The summed E-state index contributed by atoms with van der Waals surface area (Å²) in [5.41, 5.74) is 8.11. The van der Waals surface area contributed by atoms with Crippen molar-refractivity contribution in [2.45, 2.75) is 120 Å². The molecule has 1 aliphatic heterocycles. The van der Waals surface area contributed by atoms with Gasteiger partial charge in [-0.15, -0.1) is 0 Å². The Labute approximate surface area is 360 Å². The first-order valence-electron chi connectivity index (χ1n) is 21.9. The number of furan rings is 1. The summed E-state index contributed by atoms with van der Waals surface area (Å²) in [4.78, 5) is 63.9. The molecule has 4 aliphatic rings. The second kappa shape index (κ2) is 18.7. The van der Waals surface area contributed by atoms with Crippen molar-refractivity contribution in [3.63, 3.8) is 0 Å². The lowest BCUT2D eigenvalue weighted by molar-refractivity contribution is -0.139. The van der Waals surface area contributed by atoms with Gasteiger partial charge in [0.1, 0.15) is 41.1 Å². The molecule has 17 heteroatoms. The highest BCUT2D eigenvalue weighted by atomic mass is 32.2. The van der Waals surface area contributed by atoms with Gasteiger partial charge < -0.3 is 34.6 Å². The van der Waals surface area contributed by atoms with Gasteiger partial charge in [0.15, 0.2) is 5.82 Å². The van der Waals surface area contributed by atoms with Gasteiger partial charge in [0.2, 0.25) is 33.3 Å². The van der Waals surface area contributed by atoms with Gasteiger partial charge in [-0.3, -0.25) is 19.1 Å². The monoisotopic (exact) mass is 870 g/mol. The van der Waals surface area contributed by atoms with Gasteiger partial charge >= 0.3 is 6.09 Å². The molecule has 0 bridgehead atoms. The molecule has 330 valence electrons. The molecule has 3 aliphatic carbocycles. The van der Waals surface area contributed by atoms with Gasteiger partial charge in [-0.25, -0.2) is 18.2 Å². The number of nitrogens with one attached hydrogen (secondary N) is 2. The minimum absolute atomic E-state index is 0.00386.